The van der Waals surface area contributed by atoms with Crippen LogP contribution in [-0.2, 0) is 32.2 Å². The number of carbonyl (C=O) groups excluding carboxylic acids is 1. The van der Waals surface area contributed by atoms with E-state index in [2.05, 4.69) is 29.4 Å². The maximum Gasteiger partial charge on any atom is 0.303 e. The van der Waals surface area contributed by atoms with Crippen LogP contribution in [0.4, 0.5) is 5.69 Å². The normalized spacial score (nSPS) is 19.1. The van der Waals surface area contributed by atoms with E-state index in [0.29, 0.717) is 18.5 Å². The first-order valence-electron chi connectivity index (χ1n) is 13.2. The zero-order valence-corrected chi connectivity index (χ0v) is 22.2. The molecule has 1 aliphatic heterocycles. The van der Waals surface area contributed by atoms with Crippen molar-refractivity contribution in [3.8, 4) is 0 Å². The molecule has 4 rings (SSSR count). The summed E-state index contributed by atoms with van der Waals surface area (Å²) < 4.78 is 12.8. The number of aliphatic hydroxyl groups excluding tert-OH is 1. The van der Waals surface area contributed by atoms with Crippen LogP contribution >= 0.6 is 0 Å². The summed E-state index contributed by atoms with van der Waals surface area (Å²) in [6.07, 6.45) is 0.264. The highest BCUT2D eigenvalue weighted by Crippen LogP contribution is 2.38. The molecule has 0 saturated carbocycles. The second-order valence-corrected chi connectivity index (χ2v) is 9.95. The molecular weight excluding hydrogens is 496 g/mol. The van der Waals surface area contributed by atoms with Crippen LogP contribution in [0.1, 0.15) is 60.3 Å². The second kappa shape index (κ2) is 14.0. The third kappa shape index (κ3) is 8.73. The summed E-state index contributed by atoms with van der Waals surface area (Å²) in [6, 6.07) is 25.5. The van der Waals surface area contributed by atoms with E-state index in [9.17, 15) is 14.7 Å². The molecule has 3 aromatic carbocycles. The van der Waals surface area contributed by atoms with Gasteiger partial charge >= 0.3 is 5.97 Å². The topological polar surface area (TPSA) is 108 Å². The van der Waals surface area contributed by atoms with Crippen molar-refractivity contribution in [3.63, 3.8) is 0 Å². The smallest absolute Gasteiger partial charge is 0.303 e. The molecule has 39 heavy (non-hydrogen) atoms. The number of rotatable bonds is 12. The average Bonchev–Trinajstić information content (AvgIpc) is 2.93. The van der Waals surface area contributed by atoms with Gasteiger partial charge in [0.05, 0.1) is 18.8 Å². The standard InChI is InChI=1S/C31H36N2O6/c1-33(19-22-6-3-2-4-7-22)20-27-18-28(24-12-10-23(21-34)11-13-24)39-31(38-27)25-14-16-26(17-15-25)32-29(35)8-5-9-30(36)37/h2-4,6-7,10-17,27-28,31,34H,5,8-9,18-21H2,1H3,(H,32,35)(H,36,37)/t27-,28+,31+/m0/s1. The summed E-state index contributed by atoms with van der Waals surface area (Å²) >= 11 is 0. The number of nitrogens with zero attached hydrogens (tertiary/aromatic N) is 1. The first-order chi connectivity index (χ1) is 18.9. The van der Waals surface area contributed by atoms with Crippen molar-refractivity contribution in [1.29, 1.82) is 0 Å². The molecule has 1 aliphatic rings. The molecule has 0 aliphatic carbocycles. The minimum absolute atomic E-state index is 0.00705. The molecule has 0 unspecified atom stereocenters. The number of aliphatic carboxylic acids is 1. The van der Waals surface area contributed by atoms with Gasteiger partial charge in [0.1, 0.15) is 0 Å². The number of ether oxygens (including phenoxy) is 2. The van der Waals surface area contributed by atoms with E-state index in [-0.39, 0.29) is 37.6 Å². The van der Waals surface area contributed by atoms with Crippen molar-refractivity contribution in [2.75, 3.05) is 18.9 Å². The van der Waals surface area contributed by atoms with E-state index in [1.54, 1.807) is 12.1 Å². The maximum absolute atomic E-state index is 12.1. The number of benzene rings is 3. The third-order valence-electron chi connectivity index (χ3n) is 6.69. The number of hydrogen-bond donors (Lipinski definition) is 3. The molecule has 8 nitrogen and oxygen atoms in total. The first kappa shape index (κ1) is 28.4. The number of carboxylic acids is 1. The van der Waals surface area contributed by atoms with Crippen molar-refractivity contribution in [2.45, 2.75) is 57.3 Å². The molecule has 3 atom stereocenters. The largest absolute Gasteiger partial charge is 0.481 e. The fraction of sp³-hybridized carbons (Fsp3) is 0.355. The summed E-state index contributed by atoms with van der Waals surface area (Å²) in [7, 11) is 2.08. The van der Waals surface area contributed by atoms with Crippen molar-refractivity contribution in [2.24, 2.45) is 0 Å². The second-order valence-electron chi connectivity index (χ2n) is 9.95. The van der Waals surface area contributed by atoms with Crippen LogP contribution in [0.3, 0.4) is 0 Å². The molecule has 1 amide bonds. The average molecular weight is 533 g/mol. The van der Waals surface area contributed by atoms with E-state index in [0.717, 1.165) is 29.8 Å². The van der Waals surface area contributed by atoms with E-state index >= 15 is 0 Å². The Labute approximate surface area is 229 Å². The van der Waals surface area contributed by atoms with Gasteiger partial charge in [-0.15, -0.1) is 0 Å². The molecule has 3 N–H and O–H groups in total. The van der Waals surface area contributed by atoms with Gasteiger partial charge in [0.2, 0.25) is 5.91 Å². The van der Waals surface area contributed by atoms with Gasteiger partial charge in [0.25, 0.3) is 0 Å². The Bertz CT molecular complexity index is 1200. The van der Waals surface area contributed by atoms with Gasteiger partial charge in [0.15, 0.2) is 6.29 Å². The predicted octanol–water partition coefficient (Wildman–Crippen LogP) is 5.05. The highest BCUT2D eigenvalue weighted by molar-refractivity contribution is 5.90. The van der Waals surface area contributed by atoms with Crippen molar-refractivity contribution in [1.82, 2.24) is 4.90 Å². The molecule has 1 saturated heterocycles. The molecule has 8 heteroatoms. The quantitative estimate of drug-likeness (QED) is 0.300. The van der Waals surface area contributed by atoms with Crippen LogP contribution in [0.5, 0.6) is 0 Å². The Balaban J connectivity index is 1.44. The lowest BCUT2D eigenvalue weighted by atomic mass is 9.99. The Morgan fingerprint density at radius 1 is 0.897 bits per heavy atom. The number of amides is 1. The molecule has 1 heterocycles. The molecular formula is C31H36N2O6. The van der Waals surface area contributed by atoms with Gasteiger partial charge in [-0.1, -0.05) is 66.7 Å². The van der Waals surface area contributed by atoms with Crippen molar-refractivity contribution in [3.05, 3.63) is 101 Å². The fourth-order valence-electron chi connectivity index (χ4n) is 4.69. The van der Waals surface area contributed by atoms with Gasteiger partial charge in [-0.3, -0.25) is 14.5 Å². The number of carboxylic acid groups (broad SMARTS) is 1. The monoisotopic (exact) mass is 532 g/mol. The number of likely N-dealkylation sites (N-methyl/N-ethyl adjacent to an activating group) is 1. The van der Waals surface area contributed by atoms with Crippen LogP contribution in [0.15, 0.2) is 78.9 Å². The Kier molecular flexibility index (Phi) is 10.2. The molecule has 0 aromatic heterocycles. The van der Waals surface area contributed by atoms with Crippen LogP contribution in [-0.4, -0.2) is 46.7 Å². The summed E-state index contributed by atoms with van der Waals surface area (Å²) in [5.74, 6) is -1.13. The lowest BCUT2D eigenvalue weighted by molar-refractivity contribution is -0.252. The summed E-state index contributed by atoms with van der Waals surface area (Å²) in [4.78, 5) is 25.0. The summed E-state index contributed by atoms with van der Waals surface area (Å²) in [6.45, 7) is 1.53. The predicted molar refractivity (Wildman–Crippen MR) is 148 cm³/mol. The number of hydrogen-bond acceptors (Lipinski definition) is 6. The highest BCUT2D eigenvalue weighted by atomic mass is 16.7. The van der Waals surface area contributed by atoms with Crippen LogP contribution in [0.25, 0.3) is 0 Å². The van der Waals surface area contributed by atoms with Gasteiger partial charge < -0.3 is 25.0 Å². The number of nitrogens with one attached hydrogen (secondary N) is 1. The Morgan fingerprint density at radius 2 is 1.59 bits per heavy atom. The van der Waals surface area contributed by atoms with E-state index in [1.807, 2.05) is 54.6 Å². The number of anilines is 1. The lowest BCUT2D eigenvalue weighted by Gasteiger charge is -2.38. The van der Waals surface area contributed by atoms with Gasteiger partial charge in [0, 0.05) is 43.6 Å². The molecule has 0 bridgehead atoms. The summed E-state index contributed by atoms with van der Waals surface area (Å²) in [5.41, 5.74) is 4.58. The molecule has 0 radical (unpaired) electrons. The zero-order valence-electron chi connectivity index (χ0n) is 22.2. The Morgan fingerprint density at radius 3 is 2.26 bits per heavy atom. The maximum atomic E-state index is 12.1. The number of aliphatic hydroxyl groups is 1. The fourth-order valence-corrected chi connectivity index (χ4v) is 4.69. The number of carbonyl (C=O) groups is 2. The lowest BCUT2D eigenvalue weighted by Crippen LogP contribution is -2.37. The third-order valence-corrected chi connectivity index (χ3v) is 6.69. The van der Waals surface area contributed by atoms with Crippen molar-refractivity contribution >= 4 is 17.6 Å². The van der Waals surface area contributed by atoms with E-state index in [4.69, 9.17) is 14.6 Å². The molecule has 3 aromatic rings. The zero-order chi connectivity index (χ0) is 27.6. The van der Waals surface area contributed by atoms with Crippen LogP contribution in [0, 0.1) is 0 Å². The Hall–Kier alpha value is -3.56. The molecule has 206 valence electrons. The van der Waals surface area contributed by atoms with Crippen LogP contribution < -0.4 is 5.32 Å². The van der Waals surface area contributed by atoms with Crippen LogP contribution in [0.2, 0.25) is 0 Å². The van der Waals surface area contributed by atoms with Crippen molar-refractivity contribution < 1.29 is 29.3 Å². The molecule has 0 spiro atoms. The van der Waals surface area contributed by atoms with Gasteiger partial charge in [-0.05, 0) is 42.3 Å². The first-order valence-corrected chi connectivity index (χ1v) is 13.2. The van der Waals surface area contributed by atoms with E-state index < -0.39 is 12.3 Å². The SMILES string of the molecule is CN(Cc1ccccc1)C[C@@H]1C[C@H](c2ccc(CO)cc2)O[C@H](c2ccc(NC(=O)CCCC(=O)O)cc2)O1. The minimum atomic E-state index is -0.910. The highest BCUT2D eigenvalue weighted by Gasteiger charge is 2.32. The minimum Gasteiger partial charge on any atom is -0.481 e. The molecule has 1 fully saturated rings. The summed E-state index contributed by atoms with van der Waals surface area (Å²) in [5, 5.41) is 21.0. The van der Waals surface area contributed by atoms with E-state index in [1.165, 1.54) is 5.56 Å². The van der Waals surface area contributed by atoms with Gasteiger partial charge in [-0.25, -0.2) is 0 Å². The van der Waals surface area contributed by atoms with Gasteiger partial charge in [-0.2, -0.15) is 0 Å².